The predicted octanol–water partition coefficient (Wildman–Crippen LogP) is 5.12. The SMILES string of the molecule is N#C/C=C(\c1ccccc1)c1ccc2c(cnn2-c2ccc(F)cc2)c1. The number of fused-ring (bicyclic) bond motifs is 1. The van der Waals surface area contributed by atoms with Gasteiger partial charge in [0.2, 0.25) is 0 Å². The second-order valence-electron chi connectivity index (χ2n) is 5.86. The quantitative estimate of drug-likeness (QED) is 0.486. The fourth-order valence-electron chi connectivity index (χ4n) is 3.00. The smallest absolute Gasteiger partial charge is 0.123 e. The van der Waals surface area contributed by atoms with Crippen molar-refractivity contribution in [3.8, 4) is 11.8 Å². The van der Waals surface area contributed by atoms with Gasteiger partial charge in [0.05, 0.1) is 23.5 Å². The Kier molecular flexibility index (Phi) is 4.04. The van der Waals surface area contributed by atoms with E-state index < -0.39 is 0 Å². The van der Waals surface area contributed by atoms with E-state index in [0.29, 0.717) is 0 Å². The summed E-state index contributed by atoms with van der Waals surface area (Å²) in [5.74, 6) is -0.276. The first-order chi connectivity index (χ1) is 12.8. The van der Waals surface area contributed by atoms with E-state index in [-0.39, 0.29) is 5.82 Å². The lowest BCUT2D eigenvalue weighted by Gasteiger charge is -2.08. The first kappa shape index (κ1) is 15.8. The number of nitrogens with zero attached hydrogens (tertiary/aromatic N) is 3. The lowest BCUT2D eigenvalue weighted by molar-refractivity contribution is 0.627. The summed E-state index contributed by atoms with van der Waals surface area (Å²) in [5, 5.41) is 14.5. The molecule has 4 aromatic rings. The van der Waals surface area contributed by atoms with E-state index in [1.807, 2.05) is 48.5 Å². The minimum Gasteiger partial charge on any atom is -0.233 e. The zero-order valence-electron chi connectivity index (χ0n) is 13.8. The van der Waals surface area contributed by atoms with Gasteiger partial charge in [-0.05, 0) is 53.1 Å². The van der Waals surface area contributed by atoms with Crippen LogP contribution < -0.4 is 0 Å². The van der Waals surface area contributed by atoms with Gasteiger partial charge in [-0.15, -0.1) is 0 Å². The van der Waals surface area contributed by atoms with Gasteiger partial charge in [0.25, 0.3) is 0 Å². The molecule has 3 nitrogen and oxygen atoms in total. The molecule has 0 N–H and O–H groups in total. The van der Waals surface area contributed by atoms with Crippen molar-refractivity contribution >= 4 is 16.5 Å². The van der Waals surface area contributed by atoms with Crippen LogP contribution in [0.25, 0.3) is 22.2 Å². The minimum absolute atomic E-state index is 0.276. The fraction of sp³-hybridized carbons (Fsp3) is 0. The van der Waals surface area contributed by atoms with Crippen LogP contribution in [-0.4, -0.2) is 9.78 Å². The summed E-state index contributed by atoms with van der Waals surface area (Å²) in [6, 6.07) is 24.1. The number of allylic oxidation sites excluding steroid dienone is 1. The number of hydrogen-bond acceptors (Lipinski definition) is 2. The Morgan fingerprint density at radius 3 is 2.46 bits per heavy atom. The predicted molar refractivity (Wildman–Crippen MR) is 100 cm³/mol. The average molecular weight is 339 g/mol. The zero-order valence-corrected chi connectivity index (χ0v) is 13.8. The van der Waals surface area contributed by atoms with Crippen LogP contribution in [0.4, 0.5) is 4.39 Å². The van der Waals surface area contributed by atoms with Gasteiger partial charge in [0.1, 0.15) is 5.82 Å². The average Bonchev–Trinajstić information content (AvgIpc) is 3.10. The summed E-state index contributed by atoms with van der Waals surface area (Å²) < 4.78 is 14.9. The molecule has 0 aliphatic heterocycles. The molecule has 1 heterocycles. The minimum atomic E-state index is -0.276. The number of rotatable bonds is 3. The highest BCUT2D eigenvalue weighted by Crippen LogP contribution is 2.27. The van der Waals surface area contributed by atoms with E-state index in [0.717, 1.165) is 33.3 Å². The number of nitriles is 1. The first-order valence-corrected chi connectivity index (χ1v) is 8.15. The zero-order chi connectivity index (χ0) is 17.9. The Morgan fingerprint density at radius 2 is 1.73 bits per heavy atom. The second kappa shape index (κ2) is 6.66. The van der Waals surface area contributed by atoms with Gasteiger partial charge in [-0.3, -0.25) is 0 Å². The molecular formula is C22H14FN3. The van der Waals surface area contributed by atoms with Crippen LogP contribution in [0.2, 0.25) is 0 Å². The molecule has 0 radical (unpaired) electrons. The molecule has 1 aromatic heterocycles. The maximum atomic E-state index is 13.2. The van der Waals surface area contributed by atoms with Crippen molar-refractivity contribution < 1.29 is 4.39 Å². The van der Waals surface area contributed by atoms with Gasteiger partial charge in [-0.1, -0.05) is 36.4 Å². The number of benzene rings is 3. The maximum Gasteiger partial charge on any atom is 0.123 e. The van der Waals surface area contributed by atoms with Gasteiger partial charge in [-0.2, -0.15) is 10.4 Å². The molecule has 0 fully saturated rings. The van der Waals surface area contributed by atoms with Crippen molar-refractivity contribution in [2.24, 2.45) is 0 Å². The van der Waals surface area contributed by atoms with Crippen LogP contribution in [0.3, 0.4) is 0 Å². The number of hydrogen-bond donors (Lipinski definition) is 0. The Balaban J connectivity index is 1.81. The topological polar surface area (TPSA) is 41.6 Å². The van der Waals surface area contributed by atoms with Crippen molar-refractivity contribution in [3.63, 3.8) is 0 Å². The molecule has 4 rings (SSSR count). The molecule has 0 aliphatic rings. The van der Waals surface area contributed by atoms with Crippen LogP contribution in [0, 0.1) is 17.1 Å². The van der Waals surface area contributed by atoms with E-state index in [9.17, 15) is 9.65 Å². The van der Waals surface area contributed by atoms with Crippen molar-refractivity contribution in [3.05, 3.63) is 102 Å². The van der Waals surface area contributed by atoms with Crippen LogP contribution in [0.5, 0.6) is 0 Å². The summed E-state index contributed by atoms with van der Waals surface area (Å²) in [7, 11) is 0. The lowest BCUT2D eigenvalue weighted by atomic mass is 9.97. The van der Waals surface area contributed by atoms with Crippen molar-refractivity contribution in [1.82, 2.24) is 9.78 Å². The molecule has 26 heavy (non-hydrogen) atoms. The van der Waals surface area contributed by atoms with Gasteiger partial charge in [-0.25, -0.2) is 9.07 Å². The van der Waals surface area contributed by atoms with Crippen LogP contribution >= 0.6 is 0 Å². The molecule has 0 saturated carbocycles. The third-order valence-electron chi connectivity index (χ3n) is 4.24. The molecule has 4 heteroatoms. The van der Waals surface area contributed by atoms with Crippen LogP contribution in [0.15, 0.2) is 85.1 Å². The summed E-state index contributed by atoms with van der Waals surface area (Å²) in [4.78, 5) is 0. The van der Waals surface area contributed by atoms with Gasteiger partial charge in [0, 0.05) is 11.5 Å². The monoisotopic (exact) mass is 339 g/mol. The maximum absolute atomic E-state index is 13.2. The largest absolute Gasteiger partial charge is 0.233 e. The normalized spacial score (nSPS) is 11.5. The molecule has 0 atom stereocenters. The van der Waals surface area contributed by atoms with Crippen molar-refractivity contribution in [2.75, 3.05) is 0 Å². The Hall–Kier alpha value is -3.71. The van der Waals surface area contributed by atoms with E-state index >= 15 is 0 Å². The molecule has 0 bridgehead atoms. The van der Waals surface area contributed by atoms with Gasteiger partial charge in [0.15, 0.2) is 0 Å². The van der Waals surface area contributed by atoms with E-state index in [1.165, 1.54) is 12.1 Å². The Labute approximate surface area is 150 Å². The van der Waals surface area contributed by atoms with Gasteiger partial charge >= 0.3 is 0 Å². The molecule has 0 amide bonds. The first-order valence-electron chi connectivity index (χ1n) is 8.15. The third kappa shape index (κ3) is 2.87. The lowest BCUT2D eigenvalue weighted by Crippen LogP contribution is -1.96. The number of aromatic nitrogens is 2. The van der Waals surface area contributed by atoms with Crippen molar-refractivity contribution in [2.45, 2.75) is 0 Å². The molecule has 0 spiro atoms. The highest BCUT2D eigenvalue weighted by Gasteiger charge is 2.09. The highest BCUT2D eigenvalue weighted by molar-refractivity contribution is 5.89. The standard InChI is InChI=1S/C22H14FN3/c23-19-7-9-20(10-8-19)26-22-11-6-17(14-18(22)15-25-26)21(12-13-24)16-4-2-1-3-5-16/h1-12,14-15H/b21-12+. The van der Waals surface area contributed by atoms with Crippen molar-refractivity contribution in [1.29, 1.82) is 5.26 Å². The van der Waals surface area contributed by atoms with E-state index in [2.05, 4.69) is 11.2 Å². The molecule has 124 valence electrons. The Bertz CT molecular complexity index is 1130. The fourth-order valence-corrected chi connectivity index (χ4v) is 3.00. The van der Waals surface area contributed by atoms with Crippen LogP contribution in [-0.2, 0) is 0 Å². The van der Waals surface area contributed by atoms with E-state index in [1.54, 1.807) is 29.1 Å². The third-order valence-corrected chi connectivity index (χ3v) is 4.24. The van der Waals surface area contributed by atoms with E-state index in [4.69, 9.17) is 0 Å². The number of halogens is 1. The second-order valence-corrected chi connectivity index (χ2v) is 5.86. The van der Waals surface area contributed by atoms with Crippen LogP contribution in [0.1, 0.15) is 11.1 Å². The summed E-state index contributed by atoms with van der Waals surface area (Å²) in [6.45, 7) is 0. The molecule has 0 unspecified atom stereocenters. The van der Waals surface area contributed by atoms with Gasteiger partial charge < -0.3 is 0 Å². The summed E-state index contributed by atoms with van der Waals surface area (Å²) >= 11 is 0. The molecule has 0 saturated heterocycles. The molecule has 3 aromatic carbocycles. The molecular weight excluding hydrogens is 325 g/mol. The molecule has 0 aliphatic carbocycles. The summed E-state index contributed by atoms with van der Waals surface area (Å²) in [6.07, 6.45) is 3.33. The highest BCUT2D eigenvalue weighted by atomic mass is 19.1. The summed E-state index contributed by atoms with van der Waals surface area (Å²) in [5.41, 5.74) is 4.52. The Morgan fingerprint density at radius 1 is 0.962 bits per heavy atom.